The third kappa shape index (κ3) is 4.58. The van der Waals surface area contributed by atoms with Crippen molar-refractivity contribution >= 4 is 5.97 Å². The van der Waals surface area contributed by atoms with Crippen molar-refractivity contribution in [3.8, 4) is 0 Å². The zero-order chi connectivity index (χ0) is 16.8. The SMILES string of the molecule is COC(=O)CC[C@H]1CN(Cc2ccccc2)CC[C@@H]1N1CCCC1. The van der Waals surface area contributed by atoms with Crippen LogP contribution in [0.3, 0.4) is 0 Å². The molecule has 2 saturated heterocycles. The molecule has 24 heavy (non-hydrogen) atoms. The summed E-state index contributed by atoms with van der Waals surface area (Å²) in [6, 6.07) is 11.3. The van der Waals surface area contributed by atoms with E-state index in [0.717, 1.165) is 26.1 Å². The molecule has 2 fully saturated rings. The first-order valence-corrected chi connectivity index (χ1v) is 9.33. The van der Waals surface area contributed by atoms with Gasteiger partial charge < -0.3 is 9.64 Å². The average Bonchev–Trinajstić information content (AvgIpc) is 3.15. The molecule has 2 heterocycles. The monoisotopic (exact) mass is 330 g/mol. The molecule has 0 aliphatic carbocycles. The van der Waals surface area contributed by atoms with Gasteiger partial charge in [-0.1, -0.05) is 30.3 Å². The lowest BCUT2D eigenvalue weighted by atomic mass is 9.87. The summed E-state index contributed by atoms with van der Waals surface area (Å²) in [4.78, 5) is 16.8. The number of esters is 1. The summed E-state index contributed by atoms with van der Waals surface area (Å²) in [6.07, 6.45) is 5.37. The number of likely N-dealkylation sites (tertiary alicyclic amines) is 2. The highest BCUT2D eigenvalue weighted by atomic mass is 16.5. The Morgan fingerprint density at radius 2 is 1.92 bits per heavy atom. The van der Waals surface area contributed by atoms with Gasteiger partial charge in [-0.25, -0.2) is 0 Å². The van der Waals surface area contributed by atoms with Crippen LogP contribution in [0.15, 0.2) is 30.3 Å². The molecule has 3 rings (SSSR count). The number of hydrogen-bond donors (Lipinski definition) is 0. The molecule has 1 aromatic carbocycles. The molecule has 2 aliphatic rings. The summed E-state index contributed by atoms with van der Waals surface area (Å²) in [5, 5.41) is 0. The Balaban J connectivity index is 1.61. The maximum Gasteiger partial charge on any atom is 0.305 e. The third-order valence-corrected chi connectivity index (χ3v) is 5.58. The van der Waals surface area contributed by atoms with Crippen LogP contribution in [0.4, 0.5) is 0 Å². The van der Waals surface area contributed by atoms with Crippen molar-refractivity contribution in [2.24, 2.45) is 5.92 Å². The molecule has 0 amide bonds. The van der Waals surface area contributed by atoms with Gasteiger partial charge in [0, 0.05) is 25.6 Å². The fraction of sp³-hybridized carbons (Fsp3) is 0.650. The van der Waals surface area contributed by atoms with Crippen LogP contribution in [0.2, 0.25) is 0 Å². The van der Waals surface area contributed by atoms with Crippen molar-refractivity contribution in [1.29, 1.82) is 0 Å². The molecule has 2 aliphatic heterocycles. The number of carbonyl (C=O) groups excluding carboxylic acids is 1. The quantitative estimate of drug-likeness (QED) is 0.751. The minimum absolute atomic E-state index is 0.0737. The van der Waals surface area contributed by atoms with Gasteiger partial charge in [-0.3, -0.25) is 9.69 Å². The van der Waals surface area contributed by atoms with E-state index in [-0.39, 0.29) is 5.97 Å². The number of carbonyl (C=O) groups is 1. The first kappa shape index (κ1) is 17.4. The Kier molecular flexibility index (Phi) is 6.27. The van der Waals surface area contributed by atoms with Gasteiger partial charge in [-0.15, -0.1) is 0 Å². The van der Waals surface area contributed by atoms with Crippen LogP contribution in [0.5, 0.6) is 0 Å². The number of piperidine rings is 1. The van der Waals surface area contributed by atoms with Crippen LogP contribution in [-0.2, 0) is 16.1 Å². The maximum atomic E-state index is 11.6. The first-order valence-electron chi connectivity index (χ1n) is 9.33. The van der Waals surface area contributed by atoms with Crippen LogP contribution in [-0.4, -0.2) is 55.1 Å². The van der Waals surface area contributed by atoms with E-state index in [2.05, 4.69) is 40.1 Å². The number of hydrogen-bond acceptors (Lipinski definition) is 4. The normalized spacial score (nSPS) is 25.7. The Morgan fingerprint density at radius 3 is 2.62 bits per heavy atom. The van der Waals surface area contributed by atoms with Crippen LogP contribution in [0.1, 0.15) is 37.7 Å². The lowest BCUT2D eigenvalue weighted by Gasteiger charge is -2.43. The van der Waals surface area contributed by atoms with E-state index >= 15 is 0 Å². The standard InChI is InChI=1S/C20H30N2O2/c1-24-20(23)10-9-18-16-21(15-17-7-3-2-4-8-17)14-11-19(18)22-12-5-6-13-22/h2-4,7-8,18-19H,5-6,9-16H2,1H3/t18-,19-/m0/s1. The van der Waals surface area contributed by atoms with Gasteiger partial charge >= 0.3 is 5.97 Å². The molecule has 0 bridgehead atoms. The minimum atomic E-state index is -0.0737. The highest BCUT2D eigenvalue weighted by molar-refractivity contribution is 5.69. The van der Waals surface area contributed by atoms with Crippen LogP contribution in [0, 0.1) is 5.92 Å². The molecular weight excluding hydrogens is 300 g/mol. The third-order valence-electron chi connectivity index (χ3n) is 5.58. The Hall–Kier alpha value is -1.39. The molecule has 0 aromatic heterocycles. The second-order valence-corrected chi connectivity index (χ2v) is 7.19. The van der Waals surface area contributed by atoms with Crippen molar-refractivity contribution < 1.29 is 9.53 Å². The molecular formula is C20H30N2O2. The van der Waals surface area contributed by atoms with Crippen molar-refractivity contribution in [3.63, 3.8) is 0 Å². The van der Waals surface area contributed by atoms with Gasteiger partial charge in [0.15, 0.2) is 0 Å². The van der Waals surface area contributed by atoms with Crippen LogP contribution in [0.25, 0.3) is 0 Å². The van der Waals surface area contributed by atoms with Gasteiger partial charge in [-0.2, -0.15) is 0 Å². The van der Waals surface area contributed by atoms with E-state index in [1.807, 2.05) is 0 Å². The van der Waals surface area contributed by atoms with E-state index in [1.165, 1.54) is 45.0 Å². The average molecular weight is 330 g/mol. The highest BCUT2D eigenvalue weighted by Crippen LogP contribution is 2.29. The smallest absolute Gasteiger partial charge is 0.305 e. The predicted molar refractivity (Wildman–Crippen MR) is 95.7 cm³/mol. The zero-order valence-electron chi connectivity index (χ0n) is 14.8. The van der Waals surface area contributed by atoms with Gasteiger partial charge in [0.1, 0.15) is 0 Å². The van der Waals surface area contributed by atoms with E-state index in [9.17, 15) is 4.79 Å². The number of benzene rings is 1. The number of methoxy groups -OCH3 is 1. The van der Waals surface area contributed by atoms with E-state index < -0.39 is 0 Å². The minimum Gasteiger partial charge on any atom is -0.469 e. The van der Waals surface area contributed by atoms with Gasteiger partial charge in [0.05, 0.1) is 7.11 Å². The Labute approximate surface area is 145 Å². The fourth-order valence-corrected chi connectivity index (χ4v) is 4.32. The molecule has 132 valence electrons. The molecule has 0 unspecified atom stereocenters. The van der Waals surface area contributed by atoms with E-state index in [0.29, 0.717) is 18.4 Å². The molecule has 0 saturated carbocycles. The fourth-order valence-electron chi connectivity index (χ4n) is 4.32. The van der Waals surface area contributed by atoms with Crippen molar-refractivity contribution in [2.45, 2.75) is 44.7 Å². The molecule has 0 N–H and O–H groups in total. The van der Waals surface area contributed by atoms with Crippen molar-refractivity contribution in [2.75, 3.05) is 33.3 Å². The van der Waals surface area contributed by atoms with Crippen molar-refractivity contribution in [3.05, 3.63) is 35.9 Å². The largest absolute Gasteiger partial charge is 0.469 e. The summed E-state index contributed by atoms with van der Waals surface area (Å²) in [5.74, 6) is 0.495. The molecule has 0 radical (unpaired) electrons. The summed E-state index contributed by atoms with van der Waals surface area (Å²) >= 11 is 0. The molecule has 1 aromatic rings. The summed E-state index contributed by atoms with van der Waals surface area (Å²) < 4.78 is 4.86. The topological polar surface area (TPSA) is 32.8 Å². The maximum absolute atomic E-state index is 11.6. The predicted octanol–water partition coefficient (Wildman–Crippen LogP) is 2.93. The van der Waals surface area contributed by atoms with Crippen LogP contribution >= 0.6 is 0 Å². The van der Waals surface area contributed by atoms with E-state index in [1.54, 1.807) is 0 Å². The van der Waals surface area contributed by atoms with Gasteiger partial charge in [-0.05, 0) is 56.8 Å². The summed E-state index contributed by atoms with van der Waals surface area (Å²) in [5.41, 5.74) is 1.38. The number of ether oxygens (including phenoxy) is 1. The number of nitrogens with zero attached hydrogens (tertiary/aromatic N) is 2. The Bertz CT molecular complexity index is 514. The molecule has 4 heteroatoms. The summed E-state index contributed by atoms with van der Waals surface area (Å²) in [7, 11) is 1.49. The Morgan fingerprint density at radius 1 is 1.17 bits per heavy atom. The van der Waals surface area contributed by atoms with Gasteiger partial charge in [0.25, 0.3) is 0 Å². The zero-order valence-corrected chi connectivity index (χ0v) is 14.8. The molecule has 0 spiro atoms. The van der Waals surface area contributed by atoms with Gasteiger partial charge in [0.2, 0.25) is 0 Å². The van der Waals surface area contributed by atoms with E-state index in [4.69, 9.17) is 4.74 Å². The summed E-state index contributed by atoms with van der Waals surface area (Å²) in [6.45, 7) is 5.73. The van der Waals surface area contributed by atoms with Crippen molar-refractivity contribution in [1.82, 2.24) is 9.80 Å². The lowest BCUT2D eigenvalue weighted by molar-refractivity contribution is -0.141. The number of rotatable bonds is 6. The molecule has 2 atom stereocenters. The lowest BCUT2D eigenvalue weighted by Crippen LogP contribution is -2.50. The molecule has 4 nitrogen and oxygen atoms in total. The highest BCUT2D eigenvalue weighted by Gasteiger charge is 2.34. The second kappa shape index (κ2) is 8.63. The van der Waals surface area contributed by atoms with Crippen LogP contribution < -0.4 is 0 Å². The first-order chi connectivity index (χ1) is 11.8. The second-order valence-electron chi connectivity index (χ2n) is 7.19.